The fourth-order valence-electron chi connectivity index (χ4n) is 1.44. The monoisotopic (exact) mass is 243 g/mol. The summed E-state index contributed by atoms with van der Waals surface area (Å²) in [5.74, 6) is -2.13. The van der Waals surface area contributed by atoms with Crippen molar-refractivity contribution in [3.05, 3.63) is 35.4 Å². The highest BCUT2D eigenvalue weighted by Crippen LogP contribution is 2.20. The van der Waals surface area contributed by atoms with Gasteiger partial charge in [0, 0.05) is 13.0 Å². The number of benzene rings is 1. The summed E-state index contributed by atoms with van der Waals surface area (Å²) < 4.78 is 25.5. The molecule has 0 fully saturated rings. The first-order chi connectivity index (χ1) is 8.04. The smallest absolute Gasteiger partial charge is 0.220 e. The fourth-order valence-corrected chi connectivity index (χ4v) is 1.44. The zero-order valence-corrected chi connectivity index (χ0v) is 9.54. The van der Waals surface area contributed by atoms with Crippen LogP contribution in [0.4, 0.5) is 8.78 Å². The molecule has 0 radical (unpaired) electrons. The number of carbonyl (C=O) groups excluding carboxylic acids is 1. The molecule has 1 atom stereocenters. The van der Waals surface area contributed by atoms with Crippen molar-refractivity contribution in [2.24, 2.45) is 0 Å². The summed E-state index contributed by atoms with van der Waals surface area (Å²) in [5.41, 5.74) is 0.271. The summed E-state index contributed by atoms with van der Waals surface area (Å²) in [6, 6.07) is 3.21. The van der Waals surface area contributed by atoms with E-state index in [1.54, 1.807) is 6.92 Å². The van der Waals surface area contributed by atoms with Crippen molar-refractivity contribution in [1.29, 1.82) is 0 Å². The Bertz CT molecular complexity index is 396. The molecule has 0 saturated carbocycles. The summed E-state index contributed by atoms with van der Waals surface area (Å²) in [5, 5.41) is 12.3. The zero-order valence-electron chi connectivity index (χ0n) is 9.54. The second kappa shape index (κ2) is 6.30. The standard InChI is InChI=1S/C12H15F2NO2/c1-2-15-12(17)6-5-11(16)8-3-4-9(13)10(14)7-8/h3-4,7,11,16H,2,5-6H2,1H3,(H,15,17). The van der Waals surface area contributed by atoms with Crippen LogP contribution in [0.3, 0.4) is 0 Å². The second-order valence-corrected chi connectivity index (χ2v) is 3.68. The number of rotatable bonds is 5. The minimum absolute atomic E-state index is 0.147. The molecule has 3 nitrogen and oxygen atoms in total. The van der Waals surface area contributed by atoms with E-state index in [9.17, 15) is 18.7 Å². The number of aliphatic hydroxyl groups is 1. The summed E-state index contributed by atoms with van der Waals surface area (Å²) in [6.07, 6.45) is -0.641. The predicted octanol–water partition coefficient (Wildman–Crippen LogP) is 1.91. The molecule has 17 heavy (non-hydrogen) atoms. The first-order valence-electron chi connectivity index (χ1n) is 5.44. The number of aliphatic hydroxyl groups excluding tert-OH is 1. The lowest BCUT2D eigenvalue weighted by molar-refractivity contribution is -0.121. The fraction of sp³-hybridized carbons (Fsp3) is 0.417. The lowest BCUT2D eigenvalue weighted by Gasteiger charge is -2.10. The minimum atomic E-state index is -1.00. The molecule has 0 aliphatic heterocycles. The van der Waals surface area contributed by atoms with Crippen LogP contribution in [0.2, 0.25) is 0 Å². The van der Waals surface area contributed by atoms with Crippen LogP contribution < -0.4 is 5.32 Å². The van der Waals surface area contributed by atoms with E-state index in [4.69, 9.17) is 0 Å². The Morgan fingerprint density at radius 3 is 2.71 bits per heavy atom. The highest BCUT2D eigenvalue weighted by atomic mass is 19.2. The van der Waals surface area contributed by atoms with Crippen LogP contribution in [0.15, 0.2) is 18.2 Å². The molecule has 0 spiro atoms. The van der Waals surface area contributed by atoms with E-state index in [0.29, 0.717) is 6.54 Å². The minimum Gasteiger partial charge on any atom is -0.388 e. The van der Waals surface area contributed by atoms with Gasteiger partial charge < -0.3 is 10.4 Å². The van der Waals surface area contributed by atoms with Crippen molar-refractivity contribution < 1.29 is 18.7 Å². The van der Waals surface area contributed by atoms with E-state index >= 15 is 0 Å². The van der Waals surface area contributed by atoms with Crippen LogP contribution in [0, 0.1) is 11.6 Å². The normalized spacial score (nSPS) is 12.2. The van der Waals surface area contributed by atoms with Crippen molar-refractivity contribution in [2.75, 3.05) is 6.54 Å². The van der Waals surface area contributed by atoms with Gasteiger partial charge in [0.25, 0.3) is 0 Å². The molecule has 5 heteroatoms. The Labute approximate surface area is 98.5 Å². The van der Waals surface area contributed by atoms with E-state index in [0.717, 1.165) is 12.1 Å². The molecule has 1 aromatic rings. The van der Waals surface area contributed by atoms with Gasteiger partial charge in [0.1, 0.15) is 0 Å². The molecule has 0 saturated heterocycles. The van der Waals surface area contributed by atoms with Crippen LogP contribution >= 0.6 is 0 Å². The van der Waals surface area contributed by atoms with Crippen molar-refractivity contribution >= 4 is 5.91 Å². The highest BCUT2D eigenvalue weighted by Gasteiger charge is 2.12. The maximum atomic E-state index is 12.9. The van der Waals surface area contributed by atoms with E-state index in [1.807, 2.05) is 0 Å². The third-order valence-electron chi connectivity index (χ3n) is 2.35. The maximum Gasteiger partial charge on any atom is 0.220 e. The first kappa shape index (κ1) is 13.6. The van der Waals surface area contributed by atoms with Gasteiger partial charge in [-0.25, -0.2) is 8.78 Å². The SMILES string of the molecule is CCNC(=O)CCC(O)c1ccc(F)c(F)c1. The molecule has 1 amide bonds. The number of amides is 1. The number of nitrogens with one attached hydrogen (secondary N) is 1. The number of hydrogen-bond donors (Lipinski definition) is 2. The Morgan fingerprint density at radius 1 is 1.41 bits per heavy atom. The molecule has 0 aliphatic rings. The summed E-state index contributed by atoms with van der Waals surface area (Å²) >= 11 is 0. The zero-order chi connectivity index (χ0) is 12.8. The molecule has 1 aromatic carbocycles. The van der Waals surface area contributed by atoms with Crippen molar-refractivity contribution in [3.8, 4) is 0 Å². The van der Waals surface area contributed by atoms with E-state index in [-0.39, 0.29) is 24.3 Å². The van der Waals surface area contributed by atoms with Gasteiger partial charge in [-0.05, 0) is 31.0 Å². The quantitative estimate of drug-likeness (QED) is 0.830. The lowest BCUT2D eigenvalue weighted by Crippen LogP contribution is -2.22. The van der Waals surface area contributed by atoms with Gasteiger partial charge in [0.2, 0.25) is 5.91 Å². The van der Waals surface area contributed by atoms with E-state index in [1.165, 1.54) is 6.07 Å². The molecule has 2 N–H and O–H groups in total. The maximum absolute atomic E-state index is 12.9. The van der Waals surface area contributed by atoms with E-state index < -0.39 is 17.7 Å². The average Bonchev–Trinajstić information content (AvgIpc) is 2.30. The second-order valence-electron chi connectivity index (χ2n) is 3.68. The van der Waals surface area contributed by atoms with Crippen LogP contribution in [0.5, 0.6) is 0 Å². The summed E-state index contributed by atoms with van der Waals surface area (Å²) in [4.78, 5) is 11.1. The molecule has 1 unspecified atom stereocenters. The Kier molecular flexibility index (Phi) is 5.03. The Morgan fingerprint density at radius 2 is 2.12 bits per heavy atom. The van der Waals surface area contributed by atoms with Crippen LogP contribution in [-0.2, 0) is 4.79 Å². The van der Waals surface area contributed by atoms with Crippen LogP contribution in [0.25, 0.3) is 0 Å². The number of hydrogen-bond acceptors (Lipinski definition) is 2. The molecule has 0 aliphatic carbocycles. The van der Waals surface area contributed by atoms with Gasteiger partial charge in [-0.3, -0.25) is 4.79 Å². The van der Waals surface area contributed by atoms with Gasteiger partial charge in [0.15, 0.2) is 11.6 Å². The van der Waals surface area contributed by atoms with Gasteiger partial charge in [-0.15, -0.1) is 0 Å². The molecule has 1 rings (SSSR count). The van der Waals surface area contributed by atoms with Crippen molar-refractivity contribution in [1.82, 2.24) is 5.32 Å². The van der Waals surface area contributed by atoms with Crippen molar-refractivity contribution in [2.45, 2.75) is 25.9 Å². The van der Waals surface area contributed by atoms with Crippen LogP contribution in [-0.4, -0.2) is 17.6 Å². The predicted molar refractivity (Wildman–Crippen MR) is 59.2 cm³/mol. The van der Waals surface area contributed by atoms with E-state index in [2.05, 4.69) is 5.32 Å². The third kappa shape index (κ3) is 4.11. The first-order valence-corrected chi connectivity index (χ1v) is 5.44. The van der Waals surface area contributed by atoms with Gasteiger partial charge in [0.05, 0.1) is 6.10 Å². The molecule has 94 valence electrons. The Balaban J connectivity index is 2.54. The topological polar surface area (TPSA) is 49.3 Å². The third-order valence-corrected chi connectivity index (χ3v) is 2.35. The number of halogens is 2. The van der Waals surface area contributed by atoms with Gasteiger partial charge in [-0.1, -0.05) is 6.07 Å². The largest absolute Gasteiger partial charge is 0.388 e. The summed E-state index contributed by atoms with van der Waals surface area (Å²) in [7, 11) is 0. The molecule has 0 aromatic heterocycles. The average molecular weight is 243 g/mol. The van der Waals surface area contributed by atoms with Crippen molar-refractivity contribution in [3.63, 3.8) is 0 Å². The summed E-state index contributed by atoms with van der Waals surface area (Å²) in [6.45, 7) is 2.32. The van der Waals surface area contributed by atoms with Gasteiger partial charge >= 0.3 is 0 Å². The number of carbonyl (C=O) groups is 1. The molecule has 0 heterocycles. The molecular weight excluding hydrogens is 228 g/mol. The highest BCUT2D eigenvalue weighted by molar-refractivity contribution is 5.75. The molecular formula is C12H15F2NO2. The van der Waals surface area contributed by atoms with Crippen LogP contribution in [0.1, 0.15) is 31.4 Å². The van der Waals surface area contributed by atoms with Gasteiger partial charge in [-0.2, -0.15) is 0 Å². The Hall–Kier alpha value is -1.49. The lowest BCUT2D eigenvalue weighted by atomic mass is 10.0. The molecule has 0 bridgehead atoms.